The van der Waals surface area contributed by atoms with Crippen LogP contribution in [0.1, 0.15) is 49.9 Å². The lowest BCUT2D eigenvalue weighted by Gasteiger charge is -2.28. The van der Waals surface area contributed by atoms with Crippen molar-refractivity contribution in [3.8, 4) is 0 Å². The maximum atomic E-state index is 12.9. The van der Waals surface area contributed by atoms with Gasteiger partial charge in [-0.25, -0.2) is 0 Å². The first-order chi connectivity index (χ1) is 11.6. The molecule has 1 aromatic rings. The van der Waals surface area contributed by atoms with E-state index in [0.717, 1.165) is 30.8 Å². The molecule has 0 amide bonds. The van der Waals surface area contributed by atoms with Gasteiger partial charge in [0.1, 0.15) is 5.84 Å². The molecule has 0 spiro atoms. The molecule has 0 bridgehead atoms. The van der Waals surface area contributed by atoms with Gasteiger partial charge in [-0.2, -0.15) is 0 Å². The van der Waals surface area contributed by atoms with Crippen LogP contribution in [0.15, 0.2) is 4.79 Å². The lowest BCUT2D eigenvalue weighted by atomic mass is 9.98. The smallest absolute Gasteiger partial charge is 0.293 e. The standard InChI is InChI=1S/C18H24N4O2/c19-15-16(23)21(9-11-1-2-11)13-5-8-24-10-14(13)22(15)17(20)18(6-7-18)12-3-4-12/h11-12,19-20H,1-10H2. The van der Waals surface area contributed by atoms with Crippen molar-refractivity contribution in [3.05, 3.63) is 27.2 Å². The van der Waals surface area contributed by atoms with E-state index in [2.05, 4.69) is 0 Å². The Bertz CT molecular complexity index is 838. The molecule has 0 radical (unpaired) electrons. The molecule has 0 atom stereocenters. The highest BCUT2D eigenvalue weighted by Crippen LogP contribution is 2.62. The summed E-state index contributed by atoms with van der Waals surface area (Å²) < 4.78 is 9.11. The lowest BCUT2D eigenvalue weighted by Crippen LogP contribution is -2.50. The molecule has 24 heavy (non-hydrogen) atoms. The number of ether oxygens (including phenoxy) is 1. The van der Waals surface area contributed by atoms with Crippen LogP contribution in [-0.2, 0) is 24.3 Å². The van der Waals surface area contributed by atoms with Gasteiger partial charge in [0.2, 0.25) is 0 Å². The fraction of sp³-hybridized carbons (Fsp3) is 0.722. The molecule has 0 unspecified atom stereocenters. The van der Waals surface area contributed by atoms with Crippen LogP contribution in [0.3, 0.4) is 0 Å². The Morgan fingerprint density at radius 3 is 2.58 bits per heavy atom. The number of rotatable bonds is 4. The summed E-state index contributed by atoms with van der Waals surface area (Å²) in [7, 11) is 0. The van der Waals surface area contributed by atoms with Gasteiger partial charge >= 0.3 is 0 Å². The van der Waals surface area contributed by atoms with Gasteiger partial charge in [-0.1, -0.05) is 0 Å². The molecule has 4 aliphatic rings. The third-order valence-electron chi connectivity index (χ3n) is 6.30. The van der Waals surface area contributed by atoms with Crippen molar-refractivity contribution in [1.29, 1.82) is 10.8 Å². The van der Waals surface area contributed by atoms with E-state index in [1.807, 2.05) is 4.57 Å². The van der Waals surface area contributed by atoms with E-state index < -0.39 is 0 Å². The minimum Gasteiger partial charge on any atom is -0.375 e. The van der Waals surface area contributed by atoms with Crippen molar-refractivity contribution in [1.82, 2.24) is 9.13 Å². The van der Waals surface area contributed by atoms with Crippen molar-refractivity contribution in [2.24, 2.45) is 17.3 Å². The van der Waals surface area contributed by atoms with Gasteiger partial charge in [0, 0.05) is 24.1 Å². The maximum absolute atomic E-state index is 12.9. The number of aromatic nitrogens is 2. The molecule has 128 valence electrons. The van der Waals surface area contributed by atoms with Gasteiger partial charge in [0.25, 0.3) is 5.56 Å². The fourth-order valence-electron chi connectivity index (χ4n) is 4.36. The zero-order chi connectivity index (χ0) is 16.5. The Hall–Kier alpha value is -1.69. The maximum Gasteiger partial charge on any atom is 0.293 e. The summed E-state index contributed by atoms with van der Waals surface area (Å²) in [6, 6.07) is 0. The fourth-order valence-corrected chi connectivity index (χ4v) is 4.36. The molecule has 1 aromatic heterocycles. The van der Waals surface area contributed by atoms with Gasteiger partial charge in [-0.15, -0.1) is 0 Å². The topological polar surface area (TPSA) is 83.9 Å². The third-order valence-corrected chi connectivity index (χ3v) is 6.30. The molecule has 2 N–H and O–H groups in total. The Morgan fingerprint density at radius 1 is 1.21 bits per heavy atom. The molecule has 3 aliphatic carbocycles. The minimum atomic E-state index is -0.223. The normalized spacial score (nSPS) is 24.5. The summed E-state index contributed by atoms with van der Waals surface area (Å²) in [5, 5.41) is 17.3. The SMILES string of the molecule is N=C(n1c2c(n(CC3CC3)c(=O)c1=N)CCOC2)C1(C2CC2)CC1. The largest absolute Gasteiger partial charge is 0.375 e. The van der Waals surface area contributed by atoms with Crippen LogP contribution in [0.5, 0.6) is 0 Å². The molecule has 0 saturated heterocycles. The van der Waals surface area contributed by atoms with Crippen molar-refractivity contribution >= 4 is 5.84 Å². The Morgan fingerprint density at radius 2 is 1.96 bits per heavy atom. The van der Waals surface area contributed by atoms with Crippen molar-refractivity contribution in [2.45, 2.75) is 58.1 Å². The van der Waals surface area contributed by atoms with Crippen LogP contribution in [0.2, 0.25) is 0 Å². The highest BCUT2D eigenvalue weighted by atomic mass is 16.5. The average molecular weight is 328 g/mol. The second kappa shape index (κ2) is 4.91. The molecule has 3 fully saturated rings. The summed E-state index contributed by atoms with van der Waals surface area (Å²) >= 11 is 0. The van der Waals surface area contributed by atoms with Gasteiger partial charge in [0.05, 0.1) is 18.9 Å². The van der Waals surface area contributed by atoms with Crippen LogP contribution in [-0.4, -0.2) is 21.6 Å². The lowest BCUT2D eigenvalue weighted by molar-refractivity contribution is 0.101. The predicted octanol–water partition coefficient (Wildman–Crippen LogP) is 1.63. The highest BCUT2D eigenvalue weighted by molar-refractivity contribution is 5.91. The molecule has 6 heteroatoms. The van der Waals surface area contributed by atoms with Gasteiger partial charge in [0.15, 0.2) is 5.49 Å². The summed E-state index contributed by atoms with van der Waals surface area (Å²) in [6.07, 6.45) is 7.51. The number of hydrogen-bond donors (Lipinski definition) is 2. The summed E-state index contributed by atoms with van der Waals surface area (Å²) in [4.78, 5) is 12.9. The zero-order valence-electron chi connectivity index (χ0n) is 13.9. The monoisotopic (exact) mass is 328 g/mol. The second-order valence-electron chi connectivity index (χ2n) is 8.02. The van der Waals surface area contributed by atoms with Crippen LogP contribution < -0.4 is 11.0 Å². The predicted molar refractivity (Wildman–Crippen MR) is 88.1 cm³/mol. The van der Waals surface area contributed by atoms with E-state index >= 15 is 0 Å². The summed E-state index contributed by atoms with van der Waals surface area (Å²) in [5.74, 6) is 1.66. The molecule has 0 aromatic carbocycles. The van der Waals surface area contributed by atoms with Gasteiger partial charge < -0.3 is 9.30 Å². The van der Waals surface area contributed by atoms with E-state index in [0.29, 0.717) is 37.3 Å². The van der Waals surface area contributed by atoms with Gasteiger partial charge in [-0.3, -0.25) is 20.2 Å². The van der Waals surface area contributed by atoms with E-state index in [4.69, 9.17) is 15.6 Å². The van der Waals surface area contributed by atoms with Crippen LogP contribution in [0.25, 0.3) is 0 Å². The Balaban J connectivity index is 1.67. The van der Waals surface area contributed by atoms with E-state index in [1.54, 1.807) is 4.57 Å². The Kier molecular flexibility index (Phi) is 2.99. The first-order valence-corrected chi connectivity index (χ1v) is 9.21. The first-order valence-electron chi connectivity index (χ1n) is 9.21. The van der Waals surface area contributed by atoms with Crippen LogP contribution in [0, 0.1) is 28.1 Å². The molecule has 2 heterocycles. The van der Waals surface area contributed by atoms with Crippen LogP contribution >= 0.6 is 0 Å². The highest BCUT2D eigenvalue weighted by Gasteiger charge is 2.58. The Labute approximate surface area is 140 Å². The third kappa shape index (κ3) is 2.08. The van der Waals surface area contributed by atoms with Crippen molar-refractivity contribution in [3.63, 3.8) is 0 Å². The molecular formula is C18H24N4O2. The van der Waals surface area contributed by atoms with E-state index in [1.165, 1.54) is 25.7 Å². The number of nitrogens with one attached hydrogen (secondary N) is 2. The van der Waals surface area contributed by atoms with Crippen LogP contribution in [0.4, 0.5) is 0 Å². The molecule has 1 aliphatic heterocycles. The summed E-state index contributed by atoms with van der Waals surface area (Å²) in [6.45, 7) is 1.76. The molecule has 6 nitrogen and oxygen atoms in total. The molecule has 5 rings (SSSR count). The number of nitrogens with zero attached hydrogens (tertiary/aromatic N) is 2. The van der Waals surface area contributed by atoms with E-state index in [-0.39, 0.29) is 16.5 Å². The number of hydrogen-bond acceptors (Lipinski definition) is 4. The molecular weight excluding hydrogens is 304 g/mol. The minimum absolute atomic E-state index is 0.0446. The quantitative estimate of drug-likeness (QED) is 0.650. The van der Waals surface area contributed by atoms with Crippen molar-refractivity contribution in [2.75, 3.05) is 6.61 Å². The first kappa shape index (κ1) is 14.6. The zero-order valence-corrected chi connectivity index (χ0v) is 13.9. The number of fused-ring (bicyclic) bond motifs is 1. The molecule has 3 saturated carbocycles. The average Bonchev–Trinajstić information content (AvgIpc) is 3.45. The van der Waals surface area contributed by atoms with E-state index in [9.17, 15) is 4.79 Å². The second-order valence-corrected chi connectivity index (χ2v) is 8.02. The van der Waals surface area contributed by atoms with Crippen molar-refractivity contribution < 1.29 is 4.74 Å². The van der Waals surface area contributed by atoms with Gasteiger partial charge in [-0.05, 0) is 50.4 Å². The summed E-state index contributed by atoms with van der Waals surface area (Å²) in [5.41, 5.74) is 1.55.